The Bertz CT molecular complexity index is 694. The molecule has 0 amide bonds. The minimum atomic E-state index is -0.786. The van der Waals surface area contributed by atoms with Crippen molar-refractivity contribution >= 4 is 17.2 Å². The van der Waals surface area contributed by atoms with E-state index in [-0.39, 0.29) is 5.82 Å². The van der Waals surface area contributed by atoms with E-state index in [2.05, 4.69) is 15.3 Å². The van der Waals surface area contributed by atoms with Crippen LogP contribution < -0.4 is 10.9 Å². The lowest BCUT2D eigenvalue weighted by atomic mass is 10.1. The zero-order valence-electron chi connectivity index (χ0n) is 10.4. The summed E-state index contributed by atoms with van der Waals surface area (Å²) in [5.41, 5.74) is 1.41. The molecule has 0 fully saturated rings. The fourth-order valence-corrected chi connectivity index (χ4v) is 1.61. The summed E-state index contributed by atoms with van der Waals surface area (Å²) in [5, 5.41) is 13.6. The number of nitrogens with one attached hydrogen (secondary N) is 2. The maximum absolute atomic E-state index is 11.4. The Morgan fingerprint density at radius 3 is 2.68 bits per heavy atom. The Balaban J connectivity index is 2.43. The predicted molar refractivity (Wildman–Crippen MR) is 70.7 cm³/mol. The van der Waals surface area contributed by atoms with Crippen LogP contribution in [-0.2, 0) is 0 Å². The summed E-state index contributed by atoms with van der Waals surface area (Å²) in [6.07, 6.45) is 1.12. The van der Waals surface area contributed by atoms with Crippen molar-refractivity contribution in [3.8, 4) is 0 Å². The molecule has 0 aliphatic heterocycles. The zero-order valence-corrected chi connectivity index (χ0v) is 10.4. The summed E-state index contributed by atoms with van der Waals surface area (Å²) in [5.74, 6) is -0.0722. The lowest BCUT2D eigenvalue weighted by molar-refractivity contribution is -0.385. The summed E-state index contributed by atoms with van der Waals surface area (Å²) >= 11 is 0. The quantitative estimate of drug-likeness (QED) is 0.649. The Kier molecular flexibility index (Phi) is 3.28. The van der Waals surface area contributed by atoms with Crippen LogP contribution in [0.2, 0.25) is 0 Å². The van der Waals surface area contributed by atoms with Crippen LogP contribution in [0.4, 0.5) is 17.2 Å². The second-order valence-corrected chi connectivity index (χ2v) is 4.11. The van der Waals surface area contributed by atoms with Crippen molar-refractivity contribution in [1.29, 1.82) is 0 Å². The SMILES string of the molecule is Cc1ccc(Nc2nc[nH]c(=O)c2[N+](=O)[O-])cc1C. The van der Waals surface area contributed by atoms with Gasteiger partial charge in [-0.05, 0) is 37.1 Å². The van der Waals surface area contributed by atoms with Crippen molar-refractivity contribution in [3.05, 3.63) is 56.1 Å². The summed E-state index contributed by atoms with van der Waals surface area (Å²) in [7, 11) is 0. The molecule has 1 aromatic heterocycles. The number of aromatic nitrogens is 2. The van der Waals surface area contributed by atoms with Gasteiger partial charge >= 0.3 is 11.2 Å². The molecule has 0 aliphatic rings. The molecule has 0 unspecified atom stereocenters. The Morgan fingerprint density at radius 2 is 2.05 bits per heavy atom. The van der Waals surface area contributed by atoms with Gasteiger partial charge in [-0.2, -0.15) is 0 Å². The Morgan fingerprint density at radius 1 is 1.32 bits per heavy atom. The van der Waals surface area contributed by atoms with Crippen LogP contribution in [0.15, 0.2) is 29.3 Å². The molecule has 1 aromatic carbocycles. The summed E-state index contributed by atoms with van der Waals surface area (Å²) < 4.78 is 0. The average Bonchev–Trinajstić information content (AvgIpc) is 2.33. The van der Waals surface area contributed by atoms with E-state index in [9.17, 15) is 14.9 Å². The van der Waals surface area contributed by atoms with Crippen LogP contribution in [0.1, 0.15) is 11.1 Å². The van der Waals surface area contributed by atoms with Crippen molar-refractivity contribution in [1.82, 2.24) is 9.97 Å². The lowest BCUT2D eigenvalue weighted by Gasteiger charge is -2.07. The van der Waals surface area contributed by atoms with Crippen molar-refractivity contribution in [2.24, 2.45) is 0 Å². The third-order valence-electron chi connectivity index (χ3n) is 2.78. The van der Waals surface area contributed by atoms with Gasteiger partial charge in [0.05, 0.1) is 11.3 Å². The Labute approximate surface area is 108 Å². The molecular formula is C12H12N4O3. The number of hydrogen-bond acceptors (Lipinski definition) is 5. The number of anilines is 2. The molecule has 2 aromatic rings. The van der Waals surface area contributed by atoms with Gasteiger partial charge in [0.1, 0.15) is 0 Å². The second kappa shape index (κ2) is 4.89. The number of aromatic amines is 1. The van der Waals surface area contributed by atoms with Crippen LogP contribution in [0.3, 0.4) is 0 Å². The van der Waals surface area contributed by atoms with E-state index in [0.717, 1.165) is 17.5 Å². The van der Waals surface area contributed by atoms with Gasteiger partial charge in [-0.25, -0.2) is 4.98 Å². The lowest BCUT2D eigenvalue weighted by Crippen LogP contribution is -2.14. The van der Waals surface area contributed by atoms with Gasteiger partial charge in [0, 0.05) is 5.69 Å². The standard InChI is InChI=1S/C12H12N4O3/c1-7-3-4-9(5-8(7)2)15-11-10(16(18)19)12(17)14-6-13-11/h3-6H,1-2H3,(H2,13,14,15,17). The smallest absolute Gasteiger partial charge is 0.334 e. The highest BCUT2D eigenvalue weighted by Gasteiger charge is 2.20. The van der Waals surface area contributed by atoms with Gasteiger partial charge in [-0.1, -0.05) is 6.07 Å². The van der Waals surface area contributed by atoms with E-state index in [4.69, 9.17) is 0 Å². The predicted octanol–water partition coefficient (Wildman–Crippen LogP) is 2.04. The van der Waals surface area contributed by atoms with Crippen molar-refractivity contribution in [3.63, 3.8) is 0 Å². The molecule has 7 heteroatoms. The fraction of sp³-hybridized carbons (Fsp3) is 0.167. The molecule has 0 radical (unpaired) electrons. The summed E-state index contributed by atoms with van der Waals surface area (Å²) in [4.78, 5) is 27.5. The van der Waals surface area contributed by atoms with E-state index in [0.29, 0.717) is 5.69 Å². The van der Waals surface area contributed by atoms with E-state index in [1.54, 1.807) is 6.07 Å². The number of benzene rings is 1. The molecule has 7 nitrogen and oxygen atoms in total. The molecular weight excluding hydrogens is 248 g/mol. The first-order chi connectivity index (χ1) is 8.99. The topological polar surface area (TPSA) is 101 Å². The largest absolute Gasteiger partial charge is 0.376 e. The number of nitro groups is 1. The number of H-pyrrole nitrogens is 1. The van der Waals surface area contributed by atoms with E-state index >= 15 is 0 Å². The van der Waals surface area contributed by atoms with Crippen molar-refractivity contribution in [2.75, 3.05) is 5.32 Å². The molecule has 2 N–H and O–H groups in total. The highest BCUT2D eigenvalue weighted by Crippen LogP contribution is 2.22. The molecule has 0 bridgehead atoms. The third-order valence-corrected chi connectivity index (χ3v) is 2.78. The molecule has 2 rings (SSSR count). The van der Waals surface area contributed by atoms with Crippen LogP contribution in [0, 0.1) is 24.0 Å². The number of aryl methyl sites for hydroxylation is 2. The maximum Gasteiger partial charge on any atom is 0.376 e. The normalized spacial score (nSPS) is 10.2. The summed E-state index contributed by atoms with van der Waals surface area (Å²) in [6, 6.07) is 5.49. The molecule has 98 valence electrons. The Hall–Kier alpha value is -2.70. The summed E-state index contributed by atoms with van der Waals surface area (Å²) in [6.45, 7) is 3.90. The van der Waals surface area contributed by atoms with E-state index in [1.165, 1.54) is 0 Å². The first-order valence-corrected chi connectivity index (χ1v) is 5.55. The van der Waals surface area contributed by atoms with E-state index < -0.39 is 16.2 Å². The third kappa shape index (κ3) is 2.59. The first-order valence-electron chi connectivity index (χ1n) is 5.55. The van der Waals surface area contributed by atoms with Crippen LogP contribution >= 0.6 is 0 Å². The maximum atomic E-state index is 11.4. The first kappa shape index (κ1) is 12.7. The van der Waals surface area contributed by atoms with Gasteiger partial charge in [0.25, 0.3) is 0 Å². The second-order valence-electron chi connectivity index (χ2n) is 4.11. The van der Waals surface area contributed by atoms with Crippen molar-refractivity contribution in [2.45, 2.75) is 13.8 Å². The molecule has 0 saturated carbocycles. The highest BCUT2D eigenvalue weighted by atomic mass is 16.6. The van der Waals surface area contributed by atoms with E-state index in [1.807, 2.05) is 26.0 Å². The average molecular weight is 260 g/mol. The number of rotatable bonds is 3. The fourth-order valence-electron chi connectivity index (χ4n) is 1.61. The highest BCUT2D eigenvalue weighted by molar-refractivity contribution is 5.65. The molecule has 0 aliphatic carbocycles. The van der Waals surface area contributed by atoms with Crippen LogP contribution in [0.5, 0.6) is 0 Å². The number of hydrogen-bond donors (Lipinski definition) is 2. The molecule has 0 atom stereocenters. The van der Waals surface area contributed by atoms with Gasteiger partial charge in [-0.3, -0.25) is 14.9 Å². The van der Waals surface area contributed by atoms with Gasteiger partial charge in [-0.15, -0.1) is 0 Å². The minimum absolute atomic E-state index is 0.0722. The van der Waals surface area contributed by atoms with Gasteiger partial charge < -0.3 is 10.3 Å². The van der Waals surface area contributed by atoms with Gasteiger partial charge in [0.2, 0.25) is 5.82 Å². The monoisotopic (exact) mass is 260 g/mol. The van der Waals surface area contributed by atoms with Crippen molar-refractivity contribution < 1.29 is 4.92 Å². The molecule has 19 heavy (non-hydrogen) atoms. The molecule has 0 saturated heterocycles. The van der Waals surface area contributed by atoms with Crippen LogP contribution in [-0.4, -0.2) is 14.9 Å². The van der Waals surface area contributed by atoms with Crippen LogP contribution in [0.25, 0.3) is 0 Å². The minimum Gasteiger partial charge on any atom is -0.334 e. The number of nitrogens with zero attached hydrogens (tertiary/aromatic N) is 2. The molecule has 1 heterocycles. The van der Waals surface area contributed by atoms with Gasteiger partial charge in [0.15, 0.2) is 0 Å². The molecule has 0 spiro atoms. The zero-order chi connectivity index (χ0) is 14.0.